The van der Waals surface area contributed by atoms with E-state index in [1.807, 2.05) is 24.3 Å². The van der Waals surface area contributed by atoms with Gasteiger partial charge in [0.2, 0.25) is 11.8 Å². The van der Waals surface area contributed by atoms with Gasteiger partial charge in [-0.25, -0.2) is 4.79 Å². The third kappa shape index (κ3) is 4.59. The molecular weight excluding hydrogens is 346 g/mol. The van der Waals surface area contributed by atoms with E-state index in [-0.39, 0.29) is 29.7 Å². The highest BCUT2D eigenvalue weighted by atomic mass is 16.6. The number of rotatable bonds is 5. The molecule has 1 aliphatic carbocycles. The summed E-state index contributed by atoms with van der Waals surface area (Å²) in [6.07, 6.45) is 1.22. The highest BCUT2D eigenvalue weighted by Crippen LogP contribution is 2.41. The number of nitrogens with zero attached hydrogens (tertiary/aromatic N) is 2. The number of carbonyl (C=O) groups is 3. The molecular formula is C20H27N3O4. The van der Waals surface area contributed by atoms with Gasteiger partial charge in [0.05, 0.1) is 18.4 Å². The van der Waals surface area contributed by atoms with Gasteiger partial charge >= 0.3 is 6.09 Å². The van der Waals surface area contributed by atoms with Crippen LogP contribution in [0.4, 0.5) is 10.5 Å². The van der Waals surface area contributed by atoms with Crippen LogP contribution in [0.5, 0.6) is 0 Å². The Morgan fingerprint density at radius 2 is 1.63 bits per heavy atom. The Kier molecular flexibility index (Phi) is 5.98. The van der Waals surface area contributed by atoms with E-state index in [1.54, 1.807) is 16.7 Å². The minimum absolute atomic E-state index is 0.0139. The van der Waals surface area contributed by atoms with Crippen LogP contribution >= 0.6 is 0 Å². The standard InChI is InChI=1S/C20H27N3O4/c1-3-14-5-7-15(8-6-14)21-18(24)16-13-17(16)19(25)22-9-11-23(12-10-22)20(26)27-4-2/h5-8,16-17H,3-4,9-13H2,1-2H3,(H,21,24). The van der Waals surface area contributed by atoms with Crippen molar-refractivity contribution in [2.24, 2.45) is 11.8 Å². The van der Waals surface area contributed by atoms with Crippen molar-refractivity contribution in [3.63, 3.8) is 0 Å². The number of benzene rings is 1. The summed E-state index contributed by atoms with van der Waals surface area (Å²) in [6, 6.07) is 7.78. The molecule has 3 rings (SSSR count). The molecule has 0 bridgehead atoms. The van der Waals surface area contributed by atoms with Gasteiger partial charge in [-0.2, -0.15) is 0 Å². The lowest BCUT2D eigenvalue weighted by molar-refractivity contribution is -0.135. The number of amides is 3. The molecule has 3 amide bonds. The molecule has 1 aliphatic heterocycles. The molecule has 27 heavy (non-hydrogen) atoms. The number of piperazine rings is 1. The molecule has 1 aromatic carbocycles. The smallest absolute Gasteiger partial charge is 0.409 e. The van der Waals surface area contributed by atoms with Crippen molar-refractivity contribution in [1.82, 2.24) is 9.80 Å². The quantitative estimate of drug-likeness (QED) is 0.858. The molecule has 1 aromatic rings. The van der Waals surface area contributed by atoms with E-state index in [1.165, 1.54) is 5.56 Å². The maximum absolute atomic E-state index is 12.6. The molecule has 1 heterocycles. The van der Waals surface area contributed by atoms with E-state index in [0.717, 1.165) is 12.1 Å². The van der Waals surface area contributed by atoms with Crippen LogP contribution in [0.25, 0.3) is 0 Å². The number of nitrogens with one attached hydrogen (secondary N) is 1. The van der Waals surface area contributed by atoms with Crippen molar-refractivity contribution in [3.05, 3.63) is 29.8 Å². The highest BCUT2D eigenvalue weighted by molar-refractivity contribution is 5.99. The Morgan fingerprint density at radius 3 is 2.22 bits per heavy atom. The van der Waals surface area contributed by atoms with Crippen LogP contribution in [0.15, 0.2) is 24.3 Å². The summed E-state index contributed by atoms with van der Waals surface area (Å²) in [6.45, 7) is 6.12. The lowest BCUT2D eigenvalue weighted by Crippen LogP contribution is -2.51. The largest absolute Gasteiger partial charge is 0.450 e. The van der Waals surface area contributed by atoms with E-state index in [2.05, 4.69) is 12.2 Å². The van der Waals surface area contributed by atoms with Crippen LogP contribution in [0.2, 0.25) is 0 Å². The first-order valence-electron chi connectivity index (χ1n) is 9.63. The van der Waals surface area contributed by atoms with Crippen LogP contribution < -0.4 is 5.32 Å². The predicted molar refractivity (Wildman–Crippen MR) is 101 cm³/mol. The molecule has 0 aromatic heterocycles. The third-order valence-electron chi connectivity index (χ3n) is 5.19. The Labute approximate surface area is 159 Å². The van der Waals surface area contributed by atoms with Crippen molar-refractivity contribution in [3.8, 4) is 0 Å². The molecule has 2 aliphatic rings. The molecule has 1 N–H and O–H groups in total. The number of hydrogen-bond acceptors (Lipinski definition) is 4. The van der Waals surface area contributed by atoms with Gasteiger partial charge in [0.25, 0.3) is 0 Å². The predicted octanol–water partition coefficient (Wildman–Crippen LogP) is 2.12. The number of ether oxygens (including phenoxy) is 1. The molecule has 146 valence electrons. The van der Waals surface area contributed by atoms with Crippen LogP contribution in [0, 0.1) is 11.8 Å². The average molecular weight is 373 g/mol. The fourth-order valence-corrected chi connectivity index (χ4v) is 3.38. The highest BCUT2D eigenvalue weighted by Gasteiger charge is 2.49. The first-order valence-corrected chi connectivity index (χ1v) is 9.63. The first kappa shape index (κ1) is 19.2. The van der Waals surface area contributed by atoms with Gasteiger partial charge in [-0.3, -0.25) is 9.59 Å². The van der Waals surface area contributed by atoms with Crippen molar-refractivity contribution >= 4 is 23.6 Å². The zero-order chi connectivity index (χ0) is 19.4. The summed E-state index contributed by atoms with van der Waals surface area (Å²) in [4.78, 5) is 40.1. The van der Waals surface area contributed by atoms with Crippen LogP contribution in [-0.2, 0) is 20.7 Å². The summed E-state index contributed by atoms with van der Waals surface area (Å²) in [5, 5.41) is 2.90. The van der Waals surface area contributed by atoms with Crippen molar-refractivity contribution in [1.29, 1.82) is 0 Å². The van der Waals surface area contributed by atoms with Gasteiger partial charge in [0, 0.05) is 31.9 Å². The lowest BCUT2D eigenvalue weighted by atomic mass is 10.1. The van der Waals surface area contributed by atoms with Gasteiger partial charge in [-0.15, -0.1) is 0 Å². The number of hydrogen-bond donors (Lipinski definition) is 1. The number of anilines is 1. The molecule has 1 saturated carbocycles. The van der Waals surface area contributed by atoms with E-state index >= 15 is 0 Å². The Balaban J connectivity index is 1.46. The Bertz CT molecular complexity index is 696. The first-order chi connectivity index (χ1) is 13.0. The van der Waals surface area contributed by atoms with Gasteiger partial charge < -0.3 is 19.9 Å². The van der Waals surface area contributed by atoms with Crippen LogP contribution in [0.1, 0.15) is 25.8 Å². The molecule has 2 fully saturated rings. The lowest BCUT2D eigenvalue weighted by Gasteiger charge is -2.34. The van der Waals surface area contributed by atoms with Gasteiger partial charge in [0.1, 0.15) is 0 Å². The summed E-state index contributed by atoms with van der Waals surface area (Å²) in [5.74, 6) is -0.580. The van der Waals surface area contributed by atoms with E-state index < -0.39 is 0 Å². The van der Waals surface area contributed by atoms with Crippen molar-refractivity contribution in [2.45, 2.75) is 26.7 Å². The number of aryl methyl sites for hydroxylation is 1. The molecule has 1 saturated heterocycles. The SMILES string of the molecule is CCOC(=O)N1CCN(C(=O)C2CC2C(=O)Nc2ccc(CC)cc2)CC1. The normalized spacial score (nSPS) is 21.6. The van der Waals surface area contributed by atoms with Crippen LogP contribution in [0.3, 0.4) is 0 Å². The summed E-state index contributed by atoms with van der Waals surface area (Å²) < 4.78 is 4.99. The molecule has 7 heteroatoms. The second kappa shape index (κ2) is 8.41. The minimum Gasteiger partial charge on any atom is -0.450 e. The topological polar surface area (TPSA) is 79.0 Å². The summed E-state index contributed by atoms with van der Waals surface area (Å²) in [5.41, 5.74) is 1.98. The molecule has 7 nitrogen and oxygen atoms in total. The van der Waals surface area contributed by atoms with Gasteiger partial charge in [-0.1, -0.05) is 19.1 Å². The van der Waals surface area contributed by atoms with E-state index in [9.17, 15) is 14.4 Å². The fourth-order valence-electron chi connectivity index (χ4n) is 3.38. The molecule has 2 atom stereocenters. The summed E-state index contributed by atoms with van der Waals surface area (Å²) in [7, 11) is 0. The van der Waals surface area contributed by atoms with Crippen LogP contribution in [-0.4, -0.2) is 60.5 Å². The minimum atomic E-state index is -0.331. The fraction of sp³-hybridized carbons (Fsp3) is 0.550. The van der Waals surface area contributed by atoms with Crippen molar-refractivity contribution in [2.75, 3.05) is 38.1 Å². The maximum atomic E-state index is 12.6. The van der Waals surface area contributed by atoms with Crippen molar-refractivity contribution < 1.29 is 19.1 Å². The molecule has 0 radical (unpaired) electrons. The Hall–Kier alpha value is -2.57. The van der Waals surface area contributed by atoms with Gasteiger partial charge in [0.15, 0.2) is 0 Å². The molecule has 2 unspecified atom stereocenters. The maximum Gasteiger partial charge on any atom is 0.409 e. The average Bonchev–Trinajstić information content (AvgIpc) is 3.49. The summed E-state index contributed by atoms with van der Waals surface area (Å²) >= 11 is 0. The molecule has 0 spiro atoms. The second-order valence-corrected chi connectivity index (χ2v) is 7.00. The van der Waals surface area contributed by atoms with Gasteiger partial charge in [-0.05, 0) is 37.5 Å². The third-order valence-corrected chi connectivity index (χ3v) is 5.19. The van der Waals surface area contributed by atoms with E-state index in [4.69, 9.17) is 4.74 Å². The zero-order valence-electron chi connectivity index (χ0n) is 15.9. The van der Waals surface area contributed by atoms with E-state index in [0.29, 0.717) is 39.2 Å². The second-order valence-electron chi connectivity index (χ2n) is 7.00. The zero-order valence-corrected chi connectivity index (χ0v) is 15.9. The Morgan fingerprint density at radius 1 is 1.00 bits per heavy atom. The monoisotopic (exact) mass is 373 g/mol. The number of carbonyl (C=O) groups excluding carboxylic acids is 3.